The first kappa shape index (κ1) is 18.9. The van der Waals surface area contributed by atoms with E-state index >= 15 is 0 Å². The smallest absolute Gasteiger partial charge is 0.239 e. The van der Waals surface area contributed by atoms with Gasteiger partial charge in [0.25, 0.3) is 0 Å². The van der Waals surface area contributed by atoms with E-state index in [4.69, 9.17) is 5.73 Å². The second-order valence-corrected chi connectivity index (χ2v) is 6.26. The van der Waals surface area contributed by atoms with Gasteiger partial charge in [-0.25, -0.2) is 0 Å². The van der Waals surface area contributed by atoms with E-state index in [-0.39, 0.29) is 23.8 Å². The Morgan fingerprint density at radius 3 is 2.25 bits per heavy atom. The summed E-state index contributed by atoms with van der Waals surface area (Å²) in [5.41, 5.74) is 5.80. The van der Waals surface area contributed by atoms with Gasteiger partial charge < -0.3 is 16.0 Å². The van der Waals surface area contributed by atoms with Crippen LogP contribution in [0.15, 0.2) is 0 Å². The van der Waals surface area contributed by atoms with Gasteiger partial charge in [0.1, 0.15) is 0 Å². The lowest BCUT2D eigenvalue weighted by Gasteiger charge is -2.31. The van der Waals surface area contributed by atoms with Gasteiger partial charge in [0.05, 0.1) is 6.54 Å². The standard InChI is InChI=1S/C15H31N3O2/c1-6-18(11-13(19)17-5)14(20)8-7-12(9-10-16)15(2,3)4/h12H,6-11,16H2,1-5H3,(H,17,19). The van der Waals surface area contributed by atoms with E-state index in [0.717, 1.165) is 12.8 Å². The van der Waals surface area contributed by atoms with E-state index in [0.29, 0.717) is 25.4 Å². The van der Waals surface area contributed by atoms with Crippen molar-refractivity contribution in [2.75, 3.05) is 26.7 Å². The molecule has 118 valence electrons. The van der Waals surface area contributed by atoms with E-state index in [2.05, 4.69) is 26.1 Å². The van der Waals surface area contributed by atoms with Crippen LogP contribution in [0.5, 0.6) is 0 Å². The van der Waals surface area contributed by atoms with E-state index < -0.39 is 0 Å². The molecule has 1 unspecified atom stereocenters. The average molecular weight is 285 g/mol. The average Bonchev–Trinajstić information content (AvgIpc) is 2.38. The summed E-state index contributed by atoms with van der Waals surface area (Å²) >= 11 is 0. The summed E-state index contributed by atoms with van der Waals surface area (Å²) in [6.07, 6.45) is 2.23. The Morgan fingerprint density at radius 1 is 1.25 bits per heavy atom. The third kappa shape index (κ3) is 6.89. The number of nitrogens with two attached hydrogens (primary N) is 1. The van der Waals surface area contributed by atoms with Crippen LogP contribution in [0.1, 0.15) is 47.0 Å². The number of hydrogen-bond donors (Lipinski definition) is 2. The van der Waals surface area contributed by atoms with Gasteiger partial charge in [0, 0.05) is 20.0 Å². The van der Waals surface area contributed by atoms with Crippen molar-refractivity contribution in [3.8, 4) is 0 Å². The monoisotopic (exact) mass is 285 g/mol. The minimum Gasteiger partial charge on any atom is -0.358 e. The van der Waals surface area contributed by atoms with Gasteiger partial charge in [-0.2, -0.15) is 0 Å². The minimum atomic E-state index is -0.130. The minimum absolute atomic E-state index is 0.0439. The van der Waals surface area contributed by atoms with Crippen molar-refractivity contribution in [3.63, 3.8) is 0 Å². The highest BCUT2D eigenvalue weighted by molar-refractivity contribution is 5.84. The van der Waals surface area contributed by atoms with Gasteiger partial charge >= 0.3 is 0 Å². The Morgan fingerprint density at radius 2 is 1.85 bits per heavy atom. The number of amides is 2. The first-order chi connectivity index (χ1) is 9.26. The molecule has 0 heterocycles. The number of nitrogens with zero attached hydrogens (tertiary/aromatic N) is 1. The Bertz CT molecular complexity index is 311. The predicted octanol–water partition coefficient (Wildman–Crippen LogP) is 1.37. The third-order valence-corrected chi connectivity index (χ3v) is 3.79. The number of rotatable bonds is 8. The zero-order valence-corrected chi connectivity index (χ0v) is 13.7. The molecule has 0 aliphatic carbocycles. The molecular formula is C15H31N3O2. The van der Waals surface area contributed by atoms with Crippen molar-refractivity contribution in [3.05, 3.63) is 0 Å². The van der Waals surface area contributed by atoms with Crippen LogP contribution in [0.25, 0.3) is 0 Å². The first-order valence-electron chi connectivity index (χ1n) is 7.44. The molecule has 0 spiro atoms. The molecule has 0 radical (unpaired) electrons. The van der Waals surface area contributed by atoms with Crippen LogP contribution < -0.4 is 11.1 Å². The molecule has 0 saturated heterocycles. The fraction of sp³-hybridized carbons (Fsp3) is 0.867. The molecule has 20 heavy (non-hydrogen) atoms. The zero-order valence-electron chi connectivity index (χ0n) is 13.7. The van der Waals surface area contributed by atoms with Gasteiger partial charge in [-0.15, -0.1) is 0 Å². The van der Waals surface area contributed by atoms with Crippen molar-refractivity contribution >= 4 is 11.8 Å². The molecule has 0 bridgehead atoms. The number of nitrogens with one attached hydrogen (secondary N) is 1. The molecule has 0 aliphatic rings. The van der Waals surface area contributed by atoms with Crippen LogP contribution in [0, 0.1) is 11.3 Å². The molecule has 0 fully saturated rings. The van der Waals surface area contributed by atoms with Crippen LogP contribution in [0.4, 0.5) is 0 Å². The fourth-order valence-electron chi connectivity index (χ4n) is 2.30. The lowest BCUT2D eigenvalue weighted by atomic mass is 9.76. The Labute approximate surface area is 123 Å². The molecular weight excluding hydrogens is 254 g/mol. The Kier molecular flexibility index (Phi) is 8.46. The third-order valence-electron chi connectivity index (χ3n) is 3.79. The van der Waals surface area contributed by atoms with Gasteiger partial charge in [-0.3, -0.25) is 9.59 Å². The van der Waals surface area contributed by atoms with E-state index in [1.807, 2.05) is 6.92 Å². The Balaban J connectivity index is 4.45. The van der Waals surface area contributed by atoms with Gasteiger partial charge in [-0.1, -0.05) is 20.8 Å². The van der Waals surface area contributed by atoms with Crippen molar-refractivity contribution in [1.29, 1.82) is 0 Å². The van der Waals surface area contributed by atoms with Gasteiger partial charge in [-0.05, 0) is 37.6 Å². The summed E-state index contributed by atoms with van der Waals surface area (Å²) in [7, 11) is 1.58. The predicted molar refractivity (Wildman–Crippen MR) is 82.2 cm³/mol. The second kappa shape index (κ2) is 8.95. The molecule has 0 aromatic rings. The van der Waals surface area contributed by atoms with Crippen LogP contribution >= 0.6 is 0 Å². The quantitative estimate of drug-likeness (QED) is 0.707. The second-order valence-electron chi connectivity index (χ2n) is 6.26. The largest absolute Gasteiger partial charge is 0.358 e. The lowest BCUT2D eigenvalue weighted by Crippen LogP contribution is -2.39. The maximum atomic E-state index is 12.2. The van der Waals surface area contributed by atoms with Crippen molar-refractivity contribution in [2.24, 2.45) is 17.1 Å². The van der Waals surface area contributed by atoms with Gasteiger partial charge in [0.2, 0.25) is 11.8 Å². The molecule has 0 rings (SSSR count). The SMILES string of the molecule is CCN(CC(=O)NC)C(=O)CCC(CCN)C(C)(C)C. The van der Waals surface area contributed by atoms with Crippen LogP contribution in [-0.4, -0.2) is 43.4 Å². The fourth-order valence-corrected chi connectivity index (χ4v) is 2.30. The Hall–Kier alpha value is -1.10. The molecule has 3 N–H and O–H groups in total. The van der Waals surface area contributed by atoms with E-state index in [1.54, 1.807) is 11.9 Å². The number of likely N-dealkylation sites (N-methyl/N-ethyl adjacent to an activating group) is 2. The highest BCUT2D eigenvalue weighted by Crippen LogP contribution is 2.32. The number of hydrogen-bond acceptors (Lipinski definition) is 3. The maximum absolute atomic E-state index is 12.2. The molecule has 0 aliphatic heterocycles. The summed E-state index contributed by atoms with van der Waals surface area (Å²) in [6.45, 7) is 9.78. The van der Waals surface area contributed by atoms with Crippen molar-refractivity contribution in [2.45, 2.75) is 47.0 Å². The summed E-state index contributed by atoms with van der Waals surface area (Å²) in [5.74, 6) is 0.340. The highest BCUT2D eigenvalue weighted by Gasteiger charge is 2.25. The number of carbonyl (C=O) groups excluding carboxylic acids is 2. The highest BCUT2D eigenvalue weighted by atomic mass is 16.2. The van der Waals surface area contributed by atoms with E-state index in [1.165, 1.54) is 0 Å². The molecule has 0 aromatic heterocycles. The van der Waals surface area contributed by atoms with Crippen molar-refractivity contribution in [1.82, 2.24) is 10.2 Å². The molecule has 0 aromatic carbocycles. The molecule has 0 saturated carbocycles. The summed E-state index contributed by atoms with van der Waals surface area (Å²) in [6, 6.07) is 0. The zero-order chi connectivity index (χ0) is 15.8. The van der Waals surface area contributed by atoms with E-state index in [9.17, 15) is 9.59 Å². The first-order valence-corrected chi connectivity index (χ1v) is 7.44. The van der Waals surface area contributed by atoms with Gasteiger partial charge in [0.15, 0.2) is 0 Å². The normalized spacial score (nSPS) is 12.9. The summed E-state index contributed by atoms with van der Waals surface area (Å²) < 4.78 is 0. The topological polar surface area (TPSA) is 75.4 Å². The maximum Gasteiger partial charge on any atom is 0.239 e. The van der Waals surface area contributed by atoms with Crippen LogP contribution in [0.3, 0.4) is 0 Å². The summed E-state index contributed by atoms with van der Waals surface area (Å²) in [5, 5.41) is 2.54. The molecule has 2 amide bonds. The van der Waals surface area contributed by atoms with Crippen molar-refractivity contribution < 1.29 is 9.59 Å². The lowest BCUT2D eigenvalue weighted by molar-refractivity contribution is -0.136. The molecule has 5 nitrogen and oxygen atoms in total. The van der Waals surface area contributed by atoms with Crippen LogP contribution in [-0.2, 0) is 9.59 Å². The molecule has 1 atom stereocenters. The number of carbonyl (C=O) groups is 2. The molecule has 5 heteroatoms. The summed E-state index contributed by atoms with van der Waals surface area (Å²) in [4.78, 5) is 25.1. The van der Waals surface area contributed by atoms with Crippen LogP contribution in [0.2, 0.25) is 0 Å².